The van der Waals surface area contributed by atoms with Crippen LogP contribution in [-0.2, 0) is 4.79 Å². The van der Waals surface area contributed by atoms with E-state index in [1.807, 2.05) is 0 Å². The monoisotopic (exact) mass is 343 g/mol. The summed E-state index contributed by atoms with van der Waals surface area (Å²) in [5, 5.41) is 86.0. The van der Waals surface area contributed by atoms with Crippen LogP contribution in [0.5, 0.6) is 0 Å². The molecule has 0 radical (unpaired) electrons. The van der Waals surface area contributed by atoms with Crippen molar-refractivity contribution in [2.45, 2.75) is 36.4 Å². The number of aliphatic carboxylic acids is 1. The minimum absolute atomic E-state index is 1.12. The summed E-state index contributed by atoms with van der Waals surface area (Å²) in [6.45, 7) is -4.52. The van der Waals surface area contributed by atoms with Crippen molar-refractivity contribution in [3.63, 3.8) is 0 Å². The molecular weight excluding hydrogens is 318 g/mol. The highest BCUT2D eigenvalue weighted by Gasteiger charge is 2.64. The van der Waals surface area contributed by atoms with Gasteiger partial charge in [-0.15, -0.1) is 0 Å². The molecule has 0 aliphatic rings. The van der Waals surface area contributed by atoms with Gasteiger partial charge in [0, 0.05) is 0 Å². The molecule has 11 heteroatoms. The highest BCUT2D eigenvalue weighted by Crippen LogP contribution is 2.44. The van der Waals surface area contributed by atoms with E-state index in [2.05, 4.69) is 0 Å². The molecule has 4 unspecified atom stereocenters. The Morgan fingerprint density at radius 2 is 1.09 bits per heavy atom. The average molecular weight is 343 g/mol. The van der Waals surface area contributed by atoms with Crippen molar-refractivity contribution in [1.29, 1.82) is 0 Å². The highest BCUT2D eigenvalue weighted by atomic mass is 16.4. The van der Waals surface area contributed by atoms with E-state index in [0.717, 1.165) is 0 Å². The lowest BCUT2D eigenvalue weighted by atomic mass is 9.56. The van der Waals surface area contributed by atoms with Gasteiger partial charge in [-0.2, -0.15) is 0 Å². The molecule has 11 N–H and O–H groups in total. The first-order chi connectivity index (χ1) is 10.6. The number of aliphatic hydroxyl groups excluding tert-OH is 8. The predicted molar refractivity (Wildman–Crippen MR) is 74.0 cm³/mol. The summed E-state index contributed by atoms with van der Waals surface area (Å²) in [5.41, 5.74) is 0.589. The normalized spacial score (nSPS) is 22.5. The van der Waals surface area contributed by atoms with Crippen molar-refractivity contribution in [1.82, 2.24) is 0 Å². The Morgan fingerprint density at radius 3 is 1.30 bits per heavy atom. The Balaban J connectivity index is 6.56. The number of nitrogens with two attached hydrogens (primary N) is 1. The Bertz CT molecular complexity index is 359. The van der Waals surface area contributed by atoms with Gasteiger partial charge in [0.05, 0.1) is 68.2 Å². The molecule has 0 fully saturated rings. The Morgan fingerprint density at radius 1 is 0.783 bits per heavy atom. The molecule has 23 heavy (non-hydrogen) atoms. The van der Waals surface area contributed by atoms with Gasteiger partial charge in [-0.1, -0.05) is 0 Å². The van der Waals surface area contributed by atoms with Crippen molar-refractivity contribution in [2.24, 2.45) is 11.1 Å². The van der Waals surface area contributed by atoms with Crippen molar-refractivity contribution >= 4 is 5.97 Å². The van der Waals surface area contributed by atoms with E-state index in [-0.39, 0.29) is 0 Å². The number of carbonyl (C=O) groups is 1. The fourth-order valence-electron chi connectivity index (χ4n) is 2.91. The zero-order valence-electron chi connectivity index (χ0n) is 12.4. The number of hydrogen-bond donors (Lipinski definition) is 10. The number of rotatable bonds is 11. The second-order valence-corrected chi connectivity index (χ2v) is 5.34. The standard InChI is InChI=1S/C12H25NO10/c13-12(8(20)4-16,9(21)5-17)11(1-10(22)23,6(18)2-14)7(19)3-15/h6-9,14-21H,1-5,13H2,(H,22,23). The second kappa shape index (κ2) is 8.82. The molecule has 0 saturated carbocycles. The van der Waals surface area contributed by atoms with Gasteiger partial charge in [0.15, 0.2) is 0 Å². The van der Waals surface area contributed by atoms with Crippen molar-refractivity contribution in [3.05, 3.63) is 0 Å². The van der Waals surface area contributed by atoms with Crippen LogP contribution in [0.4, 0.5) is 0 Å². The van der Waals surface area contributed by atoms with Crippen LogP contribution >= 0.6 is 0 Å². The lowest BCUT2D eigenvalue weighted by Gasteiger charge is -2.55. The first-order valence-corrected chi connectivity index (χ1v) is 6.76. The highest BCUT2D eigenvalue weighted by molar-refractivity contribution is 5.68. The van der Waals surface area contributed by atoms with Crippen LogP contribution in [0.25, 0.3) is 0 Å². The lowest BCUT2D eigenvalue weighted by molar-refractivity contribution is -0.212. The van der Waals surface area contributed by atoms with Gasteiger partial charge in [0.25, 0.3) is 0 Å². The Hall–Kier alpha value is -0.890. The van der Waals surface area contributed by atoms with Crippen LogP contribution in [0.3, 0.4) is 0 Å². The number of carboxylic acids is 1. The van der Waals surface area contributed by atoms with Crippen LogP contribution in [0.1, 0.15) is 6.42 Å². The van der Waals surface area contributed by atoms with Crippen LogP contribution in [0.15, 0.2) is 0 Å². The predicted octanol–water partition coefficient (Wildman–Crippen LogP) is -5.44. The topological polar surface area (TPSA) is 225 Å². The fourth-order valence-corrected chi connectivity index (χ4v) is 2.91. The molecule has 11 nitrogen and oxygen atoms in total. The van der Waals surface area contributed by atoms with E-state index in [1.165, 1.54) is 0 Å². The summed E-state index contributed by atoms with van der Waals surface area (Å²) in [4.78, 5) is 11.2. The zero-order chi connectivity index (χ0) is 18.4. The van der Waals surface area contributed by atoms with Crippen molar-refractivity contribution < 1.29 is 50.8 Å². The number of carboxylic acid groups (broad SMARTS) is 1. The molecule has 0 saturated heterocycles. The maximum absolute atomic E-state index is 11.2. The summed E-state index contributed by atoms with van der Waals surface area (Å²) in [7, 11) is 0. The molecule has 0 aromatic carbocycles. The molecule has 0 heterocycles. The van der Waals surface area contributed by atoms with Crippen LogP contribution in [-0.4, -0.2) is 108 Å². The van der Waals surface area contributed by atoms with Gasteiger partial charge >= 0.3 is 5.97 Å². The zero-order valence-corrected chi connectivity index (χ0v) is 12.4. The van der Waals surface area contributed by atoms with E-state index in [4.69, 9.17) is 21.1 Å². The van der Waals surface area contributed by atoms with E-state index >= 15 is 0 Å². The van der Waals surface area contributed by atoms with Crippen LogP contribution in [0, 0.1) is 5.41 Å². The van der Waals surface area contributed by atoms with Crippen molar-refractivity contribution in [3.8, 4) is 0 Å². The van der Waals surface area contributed by atoms with Gasteiger partial charge in [-0.05, 0) is 0 Å². The van der Waals surface area contributed by atoms with E-state index < -0.39 is 74.2 Å². The molecule has 0 aliphatic heterocycles. The molecule has 4 atom stereocenters. The third-order valence-electron chi connectivity index (χ3n) is 4.23. The van der Waals surface area contributed by atoms with Gasteiger partial charge in [0.1, 0.15) is 0 Å². The molecule has 0 aliphatic carbocycles. The molecule has 0 amide bonds. The quantitative estimate of drug-likeness (QED) is 0.170. The van der Waals surface area contributed by atoms with Crippen LogP contribution < -0.4 is 5.73 Å². The average Bonchev–Trinajstić information content (AvgIpc) is 2.55. The summed E-state index contributed by atoms with van der Waals surface area (Å²) >= 11 is 0. The van der Waals surface area contributed by atoms with Crippen molar-refractivity contribution in [2.75, 3.05) is 26.4 Å². The molecule has 138 valence electrons. The van der Waals surface area contributed by atoms with Crippen LogP contribution in [0.2, 0.25) is 0 Å². The minimum Gasteiger partial charge on any atom is -0.481 e. The van der Waals surface area contributed by atoms with Gasteiger partial charge in [0.2, 0.25) is 0 Å². The largest absolute Gasteiger partial charge is 0.481 e. The van der Waals surface area contributed by atoms with E-state index in [0.29, 0.717) is 0 Å². The molecule has 0 rings (SSSR count). The molecule has 0 aromatic heterocycles. The molecule has 0 spiro atoms. The lowest BCUT2D eigenvalue weighted by Crippen LogP contribution is -2.78. The molecular formula is C12H25NO10. The summed E-state index contributed by atoms with van der Waals surface area (Å²) in [6, 6.07) is 0. The summed E-state index contributed by atoms with van der Waals surface area (Å²) in [5.74, 6) is -1.64. The van der Waals surface area contributed by atoms with E-state index in [9.17, 15) is 35.4 Å². The minimum atomic E-state index is -2.68. The number of aliphatic hydroxyl groups is 8. The van der Waals surface area contributed by atoms with Gasteiger partial charge in [-0.25, -0.2) is 0 Å². The summed E-state index contributed by atoms with van der Waals surface area (Å²) < 4.78 is 0. The third-order valence-corrected chi connectivity index (χ3v) is 4.23. The smallest absolute Gasteiger partial charge is 0.304 e. The SMILES string of the molecule is NC(C(O)CO)(C(O)CO)C(CC(=O)O)(C(O)CO)C(O)CO. The second-order valence-electron chi connectivity index (χ2n) is 5.34. The first-order valence-electron chi connectivity index (χ1n) is 6.76. The third kappa shape index (κ3) is 3.79. The van der Waals surface area contributed by atoms with Gasteiger partial charge < -0.3 is 51.7 Å². The maximum Gasteiger partial charge on any atom is 0.304 e. The fraction of sp³-hybridized carbons (Fsp3) is 0.917. The van der Waals surface area contributed by atoms with E-state index in [1.54, 1.807) is 0 Å². The Kier molecular flexibility index (Phi) is 8.48. The first kappa shape index (κ1) is 22.1. The summed E-state index contributed by atoms with van der Waals surface area (Å²) in [6.07, 6.45) is -9.64. The van der Waals surface area contributed by atoms with Gasteiger partial charge in [-0.3, -0.25) is 4.79 Å². The molecule has 0 bridgehead atoms. The number of hydrogen-bond acceptors (Lipinski definition) is 10. The molecule has 0 aromatic rings. The Labute approximate surface area is 131 Å². The maximum atomic E-state index is 11.2.